The van der Waals surface area contributed by atoms with E-state index < -0.39 is 57.1 Å². The third-order valence-corrected chi connectivity index (χ3v) is 9.68. The second-order valence-electron chi connectivity index (χ2n) is 14.6. The van der Waals surface area contributed by atoms with Crippen LogP contribution in [0, 0.1) is 11.8 Å². The predicted octanol–water partition coefficient (Wildman–Crippen LogP) is 7.59. The molecule has 0 spiro atoms. The van der Waals surface area contributed by atoms with Crippen molar-refractivity contribution >= 4 is 19.8 Å². The molecule has 52 heavy (non-hydrogen) atoms. The largest absolute Gasteiger partial charge is 0.469 e. The van der Waals surface area contributed by atoms with Crippen molar-refractivity contribution in [3.05, 3.63) is 24.3 Å². The molecule has 6 atom stereocenters. The molecule has 0 radical (unpaired) electrons. The molecule has 1 aliphatic heterocycles. The first-order valence-corrected chi connectivity index (χ1v) is 21.4. The number of phosphoric ester groups is 1. The van der Waals surface area contributed by atoms with Gasteiger partial charge in [0.15, 0.2) is 12.4 Å². The van der Waals surface area contributed by atoms with E-state index in [0.717, 1.165) is 44.4 Å². The van der Waals surface area contributed by atoms with Gasteiger partial charge in [-0.15, -0.1) is 0 Å². The molecular formula is C39H71O12P. The molecule has 1 unspecified atom stereocenters. The Morgan fingerprint density at radius 1 is 0.827 bits per heavy atom. The maximum atomic E-state index is 12.5. The number of unbranched alkanes of at least 4 members (excludes halogenated alkanes) is 12. The number of carbonyl (C=O) groups is 2. The van der Waals surface area contributed by atoms with Gasteiger partial charge < -0.3 is 39.3 Å². The van der Waals surface area contributed by atoms with Gasteiger partial charge >= 0.3 is 19.8 Å². The van der Waals surface area contributed by atoms with E-state index in [4.69, 9.17) is 24.0 Å². The molecule has 0 aliphatic carbocycles. The highest BCUT2D eigenvalue weighted by Gasteiger charge is 2.35. The van der Waals surface area contributed by atoms with Crippen molar-refractivity contribution in [3.63, 3.8) is 0 Å². The first kappa shape index (κ1) is 48.4. The van der Waals surface area contributed by atoms with Gasteiger partial charge in [-0.2, -0.15) is 0 Å². The van der Waals surface area contributed by atoms with Crippen LogP contribution in [0.4, 0.5) is 0 Å². The number of hydrogen-bond acceptors (Lipinski definition) is 10. The lowest BCUT2D eigenvalue weighted by Crippen LogP contribution is -2.43. The predicted molar refractivity (Wildman–Crippen MR) is 201 cm³/mol. The van der Waals surface area contributed by atoms with Gasteiger partial charge in [0.1, 0.15) is 6.61 Å². The van der Waals surface area contributed by atoms with Crippen LogP contribution >= 0.6 is 7.82 Å². The highest BCUT2D eigenvalue weighted by atomic mass is 31.2. The van der Waals surface area contributed by atoms with Gasteiger partial charge in [-0.3, -0.25) is 14.1 Å². The molecule has 5 N–H and O–H groups in total. The minimum absolute atomic E-state index is 0.0193. The molecule has 0 saturated carbocycles. The van der Waals surface area contributed by atoms with E-state index in [1.54, 1.807) is 12.2 Å². The number of carbonyl (C=O) groups excluding carboxylic acids is 2. The third-order valence-electron chi connectivity index (χ3n) is 9.20. The summed E-state index contributed by atoms with van der Waals surface area (Å²) in [4.78, 5) is 43.0. The standard InChI is InChI=1S/C39H71O12P/c1-4-5-16-22-32(40)26-27-36-34(35(41)28-39(44)51-36)23-18-14-15-20-25-38(43)50-33(30-49-52(45,46)47)29-48-37(42)24-19-13-11-9-7-6-8-10-12-17-21-31(2)3/h14,18,26-27,31-36,39-41,44H,4-13,15-17,19-25,28-30H2,1-3H3,(H2,45,46,47)/b18-14-,27-26+/t32-,33+,34-,35-,36+,39?/m0/s1. The number of rotatable bonds is 31. The maximum Gasteiger partial charge on any atom is 0.469 e. The number of aliphatic hydroxyl groups is 3. The lowest BCUT2D eigenvalue weighted by molar-refractivity contribution is -0.199. The number of allylic oxidation sites excluding steroid dienone is 2. The summed E-state index contributed by atoms with van der Waals surface area (Å²) < 4.78 is 32.0. The van der Waals surface area contributed by atoms with E-state index in [2.05, 4.69) is 25.3 Å². The fraction of sp³-hybridized carbons (Fsp3) is 0.846. The number of hydrogen-bond donors (Lipinski definition) is 5. The van der Waals surface area contributed by atoms with Crippen molar-refractivity contribution in [3.8, 4) is 0 Å². The first-order chi connectivity index (χ1) is 24.8. The summed E-state index contributed by atoms with van der Waals surface area (Å²) in [6.07, 6.45) is 21.0. The molecule has 13 heteroatoms. The zero-order valence-corrected chi connectivity index (χ0v) is 33.0. The quantitative estimate of drug-likeness (QED) is 0.0202. The zero-order valence-electron chi connectivity index (χ0n) is 32.2. The molecule has 0 aromatic rings. The Bertz CT molecular complexity index is 1030. The Morgan fingerprint density at radius 3 is 2.08 bits per heavy atom. The molecule has 12 nitrogen and oxygen atoms in total. The fourth-order valence-corrected chi connectivity index (χ4v) is 6.49. The van der Waals surface area contributed by atoms with Crippen molar-refractivity contribution in [1.82, 2.24) is 0 Å². The number of esters is 2. The molecule has 304 valence electrons. The van der Waals surface area contributed by atoms with E-state index in [1.165, 1.54) is 44.9 Å². The molecule has 0 amide bonds. The molecule has 1 fully saturated rings. The minimum Gasteiger partial charge on any atom is -0.462 e. The van der Waals surface area contributed by atoms with Crippen LogP contribution in [0.5, 0.6) is 0 Å². The van der Waals surface area contributed by atoms with Crippen LogP contribution in [0.2, 0.25) is 0 Å². The van der Waals surface area contributed by atoms with E-state index in [1.807, 2.05) is 12.2 Å². The molecule has 0 bridgehead atoms. The topological polar surface area (TPSA) is 189 Å². The summed E-state index contributed by atoms with van der Waals surface area (Å²) in [5, 5.41) is 30.8. The van der Waals surface area contributed by atoms with Crippen LogP contribution in [0.25, 0.3) is 0 Å². The van der Waals surface area contributed by atoms with Gasteiger partial charge in [0.25, 0.3) is 0 Å². The SMILES string of the molecule is CCCCC[C@H](O)/C=C/[C@H]1OC(O)C[C@H](O)[C@@H]1C/C=C\CCCC(=O)O[C@H](COC(=O)CCCCCCCCCCCCC(C)C)COP(=O)(O)O. The van der Waals surface area contributed by atoms with Crippen molar-refractivity contribution in [1.29, 1.82) is 0 Å². The van der Waals surface area contributed by atoms with Gasteiger partial charge in [-0.1, -0.05) is 129 Å². The number of phosphoric acid groups is 1. The van der Waals surface area contributed by atoms with Gasteiger partial charge in [0, 0.05) is 25.2 Å². The average Bonchev–Trinajstić information content (AvgIpc) is 3.07. The average molecular weight is 763 g/mol. The van der Waals surface area contributed by atoms with Gasteiger partial charge in [0.05, 0.1) is 24.9 Å². The smallest absolute Gasteiger partial charge is 0.462 e. The monoisotopic (exact) mass is 762 g/mol. The van der Waals surface area contributed by atoms with E-state index in [0.29, 0.717) is 32.1 Å². The third kappa shape index (κ3) is 27.0. The summed E-state index contributed by atoms with van der Waals surface area (Å²) in [6, 6.07) is 0. The van der Waals surface area contributed by atoms with Crippen LogP contribution in [-0.2, 0) is 32.9 Å². The van der Waals surface area contributed by atoms with Gasteiger partial charge in [0.2, 0.25) is 0 Å². The van der Waals surface area contributed by atoms with Crippen LogP contribution in [0.15, 0.2) is 24.3 Å². The Balaban J connectivity index is 2.37. The Labute approximate surface area is 313 Å². The number of aliphatic hydroxyl groups excluding tert-OH is 3. The molecule has 1 heterocycles. The molecule has 1 rings (SSSR count). The second kappa shape index (κ2) is 29.7. The molecule has 0 aromatic heterocycles. The van der Waals surface area contributed by atoms with Crippen molar-refractivity contribution in [2.75, 3.05) is 13.2 Å². The van der Waals surface area contributed by atoms with Crippen molar-refractivity contribution in [2.24, 2.45) is 11.8 Å². The highest BCUT2D eigenvalue weighted by molar-refractivity contribution is 7.46. The molecule has 1 aliphatic rings. The van der Waals surface area contributed by atoms with Crippen molar-refractivity contribution in [2.45, 2.75) is 186 Å². The Hall–Kier alpha value is -1.63. The molecule has 0 aromatic carbocycles. The normalized spacial score (nSPS) is 20.9. The van der Waals surface area contributed by atoms with Crippen LogP contribution in [-0.4, -0.2) is 81.0 Å². The molecular weight excluding hydrogens is 691 g/mol. The van der Waals surface area contributed by atoms with Gasteiger partial charge in [-0.25, -0.2) is 4.57 Å². The summed E-state index contributed by atoms with van der Waals surface area (Å²) in [5.74, 6) is -0.617. The second-order valence-corrected chi connectivity index (χ2v) is 15.9. The summed E-state index contributed by atoms with van der Waals surface area (Å²) >= 11 is 0. The molecule has 1 saturated heterocycles. The Kier molecular flexibility index (Phi) is 27.6. The van der Waals surface area contributed by atoms with Crippen LogP contribution in [0.1, 0.15) is 156 Å². The first-order valence-electron chi connectivity index (χ1n) is 19.9. The highest BCUT2D eigenvalue weighted by Crippen LogP contribution is 2.36. The summed E-state index contributed by atoms with van der Waals surface area (Å²) in [5.41, 5.74) is 0. The van der Waals surface area contributed by atoms with E-state index in [9.17, 15) is 29.5 Å². The maximum absolute atomic E-state index is 12.5. The lowest BCUT2D eigenvalue weighted by atomic mass is 9.87. The van der Waals surface area contributed by atoms with Crippen LogP contribution in [0.3, 0.4) is 0 Å². The van der Waals surface area contributed by atoms with E-state index in [-0.39, 0.29) is 31.8 Å². The number of ether oxygens (including phenoxy) is 3. The fourth-order valence-electron chi connectivity index (χ4n) is 6.13. The van der Waals surface area contributed by atoms with E-state index >= 15 is 0 Å². The van der Waals surface area contributed by atoms with Crippen LogP contribution < -0.4 is 0 Å². The minimum atomic E-state index is -4.83. The Morgan fingerprint density at radius 2 is 1.44 bits per heavy atom. The van der Waals surface area contributed by atoms with Crippen molar-refractivity contribution < 1.29 is 58.0 Å². The summed E-state index contributed by atoms with van der Waals surface area (Å²) in [6.45, 7) is 5.64. The van der Waals surface area contributed by atoms with Gasteiger partial charge in [-0.05, 0) is 38.0 Å². The lowest BCUT2D eigenvalue weighted by Gasteiger charge is -2.36. The summed E-state index contributed by atoms with van der Waals surface area (Å²) in [7, 11) is -4.83. The zero-order chi connectivity index (χ0) is 38.6.